The van der Waals surface area contributed by atoms with Crippen LogP contribution in [-0.2, 0) is 6.42 Å². The molecule has 0 unspecified atom stereocenters. The summed E-state index contributed by atoms with van der Waals surface area (Å²) in [6.45, 7) is 0. The van der Waals surface area contributed by atoms with Gasteiger partial charge in [-0.3, -0.25) is 0 Å². The predicted octanol–water partition coefficient (Wildman–Crippen LogP) is 3.95. The molecule has 94 valence electrons. The second-order valence-corrected chi connectivity index (χ2v) is 4.38. The highest BCUT2D eigenvalue weighted by atomic mass is 35.5. The molecule has 0 saturated carbocycles. The van der Waals surface area contributed by atoms with Gasteiger partial charge in [0.1, 0.15) is 11.5 Å². The Bertz CT molecular complexity index is 538. The Balaban J connectivity index is 2.36. The van der Waals surface area contributed by atoms with Crippen LogP contribution in [0.15, 0.2) is 42.5 Å². The zero-order valence-electron chi connectivity index (χ0n) is 10.4. The normalized spacial score (nSPS) is 10.2. The summed E-state index contributed by atoms with van der Waals surface area (Å²) in [5, 5.41) is 0.709. The summed E-state index contributed by atoms with van der Waals surface area (Å²) in [5.41, 5.74) is 2.16. The Labute approximate surface area is 112 Å². The molecule has 0 radical (unpaired) electrons. The molecule has 2 rings (SSSR count). The van der Waals surface area contributed by atoms with Gasteiger partial charge in [-0.2, -0.15) is 0 Å². The Morgan fingerprint density at radius 2 is 1.56 bits per heavy atom. The van der Waals surface area contributed by atoms with Crippen molar-refractivity contribution in [3.63, 3.8) is 0 Å². The molecule has 18 heavy (non-hydrogen) atoms. The fraction of sp³-hybridized carbons (Fsp3) is 0.200. The van der Waals surface area contributed by atoms with Gasteiger partial charge in [-0.15, -0.1) is 0 Å². The third kappa shape index (κ3) is 2.77. The van der Waals surface area contributed by atoms with Crippen LogP contribution in [0, 0.1) is 0 Å². The first-order valence-electron chi connectivity index (χ1n) is 5.69. The minimum Gasteiger partial charge on any atom is -0.496 e. The molecule has 0 aliphatic carbocycles. The van der Waals surface area contributed by atoms with Crippen LogP contribution >= 0.6 is 11.6 Å². The molecular weight excluding hydrogens is 248 g/mol. The average Bonchev–Trinajstić information content (AvgIpc) is 2.40. The Hall–Kier alpha value is -1.67. The van der Waals surface area contributed by atoms with Crippen molar-refractivity contribution in [2.75, 3.05) is 14.2 Å². The fourth-order valence-electron chi connectivity index (χ4n) is 1.94. The second kappa shape index (κ2) is 5.78. The summed E-state index contributed by atoms with van der Waals surface area (Å²) in [5.74, 6) is 1.71. The summed E-state index contributed by atoms with van der Waals surface area (Å²) in [6, 6.07) is 13.6. The number of methoxy groups -OCH3 is 2. The summed E-state index contributed by atoms with van der Waals surface area (Å²) >= 11 is 6.03. The van der Waals surface area contributed by atoms with E-state index in [4.69, 9.17) is 21.1 Å². The van der Waals surface area contributed by atoms with Crippen molar-refractivity contribution in [1.29, 1.82) is 0 Å². The first kappa shape index (κ1) is 12.8. The molecule has 0 bridgehead atoms. The molecular formula is C15H15ClO2. The van der Waals surface area contributed by atoms with Crippen molar-refractivity contribution in [3.05, 3.63) is 58.6 Å². The van der Waals surface area contributed by atoms with Crippen molar-refractivity contribution >= 4 is 11.6 Å². The molecule has 0 heterocycles. The number of hydrogen-bond donors (Lipinski definition) is 0. The SMILES string of the molecule is COc1ccccc1Cc1cc(Cl)ccc1OC. The smallest absolute Gasteiger partial charge is 0.122 e. The molecule has 0 aliphatic heterocycles. The first-order valence-corrected chi connectivity index (χ1v) is 6.06. The van der Waals surface area contributed by atoms with Crippen LogP contribution in [-0.4, -0.2) is 14.2 Å². The van der Waals surface area contributed by atoms with Crippen molar-refractivity contribution in [2.24, 2.45) is 0 Å². The van der Waals surface area contributed by atoms with Gasteiger partial charge >= 0.3 is 0 Å². The lowest BCUT2D eigenvalue weighted by atomic mass is 10.0. The van der Waals surface area contributed by atoms with E-state index in [-0.39, 0.29) is 0 Å². The van der Waals surface area contributed by atoms with Crippen LogP contribution in [0.3, 0.4) is 0 Å². The Morgan fingerprint density at radius 3 is 2.28 bits per heavy atom. The van der Waals surface area contributed by atoms with Gasteiger partial charge in [0.15, 0.2) is 0 Å². The fourth-order valence-corrected chi connectivity index (χ4v) is 2.13. The maximum absolute atomic E-state index is 6.03. The molecule has 0 saturated heterocycles. The van der Waals surface area contributed by atoms with Gasteiger partial charge in [-0.1, -0.05) is 29.8 Å². The van der Waals surface area contributed by atoms with Gasteiger partial charge in [0.2, 0.25) is 0 Å². The molecule has 2 aromatic rings. The molecule has 2 nitrogen and oxygen atoms in total. The number of benzene rings is 2. The van der Waals surface area contributed by atoms with E-state index >= 15 is 0 Å². The largest absolute Gasteiger partial charge is 0.496 e. The van der Waals surface area contributed by atoms with Crippen LogP contribution in [0.4, 0.5) is 0 Å². The topological polar surface area (TPSA) is 18.5 Å². The van der Waals surface area contributed by atoms with Crippen molar-refractivity contribution in [3.8, 4) is 11.5 Å². The zero-order chi connectivity index (χ0) is 13.0. The summed E-state index contributed by atoms with van der Waals surface area (Å²) in [6.07, 6.45) is 0.730. The Kier molecular flexibility index (Phi) is 4.11. The third-order valence-electron chi connectivity index (χ3n) is 2.82. The molecule has 0 spiro atoms. The van der Waals surface area contributed by atoms with Gasteiger partial charge < -0.3 is 9.47 Å². The van der Waals surface area contributed by atoms with Crippen molar-refractivity contribution < 1.29 is 9.47 Å². The summed E-state index contributed by atoms with van der Waals surface area (Å²) in [7, 11) is 3.34. The number of rotatable bonds is 4. The molecule has 0 N–H and O–H groups in total. The van der Waals surface area contributed by atoms with E-state index in [2.05, 4.69) is 0 Å². The van der Waals surface area contributed by atoms with E-state index < -0.39 is 0 Å². The van der Waals surface area contributed by atoms with Crippen LogP contribution < -0.4 is 9.47 Å². The number of hydrogen-bond acceptors (Lipinski definition) is 2. The number of halogens is 1. The van der Waals surface area contributed by atoms with Gasteiger partial charge in [-0.05, 0) is 29.8 Å². The van der Waals surface area contributed by atoms with Crippen molar-refractivity contribution in [2.45, 2.75) is 6.42 Å². The van der Waals surface area contributed by atoms with Crippen LogP contribution in [0.1, 0.15) is 11.1 Å². The molecule has 2 aromatic carbocycles. The highest BCUT2D eigenvalue weighted by Crippen LogP contribution is 2.28. The minimum atomic E-state index is 0.709. The minimum absolute atomic E-state index is 0.709. The number of ether oxygens (including phenoxy) is 2. The second-order valence-electron chi connectivity index (χ2n) is 3.94. The zero-order valence-corrected chi connectivity index (χ0v) is 11.2. The summed E-state index contributed by atoms with van der Waals surface area (Å²) in [4.78, 5) is 0. The van der Waals surface area contributed by atoms with E-state index in [1.54, 1.807) is 14.2 Å². The highest BCUT2D eigenvalue weighted by molar-refractivity contribution is 6.30. The van der Waals surface area contributed by atoms with E-state index in [9.17, 15) is 0 Å². The van der Waals surface area contributed by atoms with Gasteiger partial charge in [0.25, 0.3) is 0 Å². The van der Waals surface area contributed by atoms with Gasteiger partial charge in [-0.25, -0.2) is 0 Å². The third-order valence-corrected chi connectivity index (χ3v) is 3.05. The van der Waals surface area contributed by atoms with Gasteiger partial charge in [0, 0.05) is 17.0 Å². The van der Waals surface area contributed by atoms with Crippen molar-refractivity contribution in [1.82, 2.24) is 0 Å². The maximum Gasteiger partial charge on any atom is 0.122 e. The molecule has 3 heteroatoms. The first-order chi connectivity index (χ1) is 8.74. The lowest BCUT2D eigenvalue weighted by Crippen LogP contribution is -1.96. The molecule has 0 fully saturated rings. The van der Waals surface area contributed by atoms with Gasteiger partial charge in [0.05, 0.1) is 14.2 Å². The van der Waals surface area contributed by atoms with E-state index in [1.807, 2.05) is 42.5 Å². The average molecular weight is 263 g/mol. The lowest BCUT2D eigenvalue weighted by Gasteiger charge is -2.11. The predicted molar refractivity (Wildman–Crippen MR) is 73.8 cm³/mol. The molecule has 0 aliphatic rings. The molecule has 0 aromatic heterocycles. The van der Waals surface area contributed by atoms with E-state index in [0.717, 1.165) is 29.0 Å². The van der Waals surface area contributed by atoms with Crippen LogP contribution in [0.5, 0.6) is 11.5 Å². The molecule has 0 amide bonds. The quantitative estimate of drug-likeness (QED) is 0.831. The van der Waals surface area contributed by atoms with E-state index in [0.29, 0.717) is 5.02 Å². The standard InChI is InChI=1S/C15H15ClO2/c1-17-14-6-4-3-5-11(14)9-12-10-13(16)7-8-15(12)18-2/h3-8,10H,9H2,1-2H3. The highest BCUT2D eigenvalue weighted by Gasteiger charge is 2.08. The monoisotopic (exact) mass is 262 g/mol. The summed E-state index contributed by atoms with van der Waals surface area (Å²) < 4.78 is 10.7. The van der Waals surface area contributed by atoms with E-state index in [1.165, 1.54) is 0 Å². The maximum atomic E-state index is 6.03. The van der Waals surface area contributed by atoms with Crippen LogP contribution in [0.2, 0.25) is 5.02 Å². The molecule has 0 atom stereocenters. The lowest BCUT2D eigenvalue weighted by molar-refractivity contribution is 0.405. The number of para-hydroxylation sites is 1. The Morgan fingerprint density at radius 1 is 0.889 bits per heavy atom. The van der Waals surface area contributed by atoms with Crippen LogP contribution in [0.25, 0.3) is 0 Å².